The third-order valence-corrected chi connectivity index (χ3v) is 2.74. The molecule has 0 spiro atoms. The quantitative estimate of drug-likeness (QED) is 0.656. The van der Waals surface area contributed by atoms with Crippen LogP contribution in [0.4, 0.5) is 0 Å². The molecule has 1 aliphatic heterocycles. The van der Waals surface area contributed by atoms with Crippen LogP contribution >= 0.6 is 0 Å². The molecule has 0 bridgehead atoms. The number of rotatable bonds is 6. The zero-order valence-corrected chi connectivity index (χ0v) is 10.1. The van der Waals surface area contributed by atoms with Crippen molar-refractivity contribution in [1.82, 2.24) is 15.5 Å². The van der Waals surface area contributed by atoms with E-state index in [-0.39, 0.29) is 17.9 Å². The van der Waals surface area contributed by atoms with Crippen molar-refractivity contribution in [2.45, 2.75) is 32.2 Å². The van der Waals surface area contributed by atoms with Crippen LogP contribution in [0, 0.1) is 0 Å². The zero-order valence-electron chi connectivity index (χ0n) is 10.1. The molecule has 5 heteroatoms. The van der Waals surface area contributed by atoms with Gasteiger partial charge in [-0.25, -0.2) is 0 Å². The lowest BCUT2D eigenvalue weighted by Crippen LogP contribution is -2.39. The van der Waals surface area contributed by atoms with Crippen molar-refractivity contribution in [2.24, 2.45) is 0 Å². The molecule has 1 heterocycles. The maximum Gasteiger partial charge on any atom is 0.239 e. The van der Waals surface area contributed by atoms with E-state index < -0.39 is 0 Å². The maximum atomic E-state index is 11.5. The second kappa shape index (κ2) is 6.48. The largest absolute Gasteiger partial charge is 0.356 e. The standard InChI is InChI=1S/C11H21N3O2/c1-3-6-13-10(15)4-7-12-9-5-8-14(2)11(9)16/h9,12H,3-8H2,1-2H3,(H,13,15). The summed E-state index contributed by atoms with van der Waals surface area (Å²) in [5.41, 5.74) is 0. The molecule has 1 fully saturated rings. The van der Waals surface area contributed by atoms with E-state index in [9.17, 15) is 9.59 Å². The third kappa shape index (κ3) is 3.81. The Kier molecular flexibility index (Phi) is 5.25. The molecule has 1 aliphatic rings. The molecule has 0 aromatic carbocycles. The number of carbonyl (C=O) groups excluding carboxylic acids is 2. The van der Waals surface area contributed by atoms with Crippen molar-refractivity contribution in [3.8, 4) is 0 Å². The molecule has 2 N–H and O–H groups in total. The number of nitrogens with zero attached hydrogens (tertiary/aromatic N) is 1. The molecule has 92 valence electrons. The molecule has 0 radical (unpaired) electrons. The van der Waals surface area contributed by atoms with Gasteiger partial charge in [0.1, 0.15) is 0 Å². The van der Waals surface area contributed by atoms with E-state index >= 15 is 0 Å². The van der Waals surface area contributed by atoms with Crippen molar-refractivity contribution in [1.29, 1.82) is 0 Å². The Morgan fingerprint density at radius 2 is 2.25 bits per heavy atom. The number of likely N-dealkylation sites (N-methyl/N-ethyl adjacent to an activating group) is 1. The van der Waals surface area contributed by atoms with Gasteiger partial charge in [-0.05, 0) is 12.8 Å². The van der Waals surface area contributed by atoms with Crippen LogP contribution in [0.1, 0.15) is 26.2 Å². The molecule has 1 atom stereocenters. The number of hydrogen-bond acceptors (Lipinski definition) is 3. The number of nitrogens with one attached hydrogen (secondary N) is 2. The average molecular weight is 227 g/mol. The lowest BCUT2D eigenvalue weighted by molar-refractivity contribution is -0.128. The molecule has 5 nitrogen and oxygen atoms in total. The molecule has 1 unspecified atom stereocenters. The molecule has 1 rings (SSSR count). The molecule has 0 saturated carbocycles. The number of likely N-dealkylation sites (tertiary alicyclic amines) is 1. The summed E-state index contributed by atoms with van der Waals surface area (Å²) >= 11 is 0. The van der Waals surface area contributed by atoms with Crippen LogP contribution < -0.4 is 10.6 Å². The highest BCUT2D eigenvalue weighted by Gasteiger charge is 2.28. The monoisotopic (exact) mass is 227 g/mol. The van der Waals surface area contributed by atoms with Gasteiger partial charge in [0, 0.05) is 33.1 Å². The lowest BCUT2D eigenvalue weighted by Gasteiger charge is -2.11. The smallest absolute Gasteiger partial charge is 0.239 e. The fraction of sp³-hybridized carbons (Fsp3) is 0.818. The van der Waals surface area contributed by atoms with Crippen molar-refractivity contribution in [3.63, 3.8) is 0 Å². The fourth-order valence-corrected chi connectivity index (χ4v) is 1.72. The van der Waals surface area contributed by atoms with E-state index in [4.69, 9.17) is 0 Å². The Hall–Kier alpha value is -1.10. The van der Waals surface area contributed by atoms with Crippen LogP contribution in [0.5, 0.6) is 0 Å². The van der Waals surface area contributed by atoms with E-state index in [2.05, 4.69) is 10.6 Å². The molecular formula is C11H21N3O2. The van der Waals surface area contributed by atoms with Gasteiger partial charge < -0.3 is 15.5 Å². The SMILES string of the molecule is CCCNC(=O)CCNC1CCN(C)C1=O. The van der Waals surface area contributed by atoms with Crippen LogP contribution in [-0.2, 0) is 9.59 Å². The number of hydrogen-bond donors (Lipinski definition) is 2. The van der Waals surface area contributed by atoms with E-state index in [1.165, 1.54) is 0 Å². The van der Waals surface area contributed by atoms with E-state index in [0.717, 1.165) is 25.9 Å². The molecular weight excluding hydrogens is 206 g/mol. The highest BCUT2D eigenvalue weighted by molar-refractivity contribution is 5.83. The maximum absolute atomic E-state index is 11.5. The van der Waals surface area contributed by atoms with Gasteiger partial charge in [0.05, 0.1) is 6.04 Å². The summed E-state index contributed by atoms with van der Waals surface area (Å²) in [4.78, 5) is 24.5. The van der Waals surface area contributed by atoms with Crippen LogP contribution in [0.2, 0.25) is 0 Å². The average Bonchev–Trinajstić information content (AvgIpc) is 2.58. The summed E-state index contributed by atoms with van der Waals surface area (Å²) < 4.78 is 0. The van der Waals surface area contributed by atoms with Crippen LogP contribution in [-0.4, -0.2) is 49.4 Å². The second-order valence-corrected chi connectivity index (χ2v) is 4.16. The Balaban J connectivity index is 2.11. The number of carbonyl (C=O) groups is 2. The second-order valence-electron chi connectivity index (χ2n) is 4.16. The van der Waals surface area contributed by atoms with Crippen molar-refractivity contribution >= 4 is 11.8 Å². The first-order valence-corrected chi connectivity index (χ1v) is 5.90. The predicted molar refractivity (Wildman–Crippen MR) is 62.0 cm³/mol. The van der Waals surface area contributed by atoms with E-state index in [1.54, 1.807) is 11.9 Å². The Labute approximate surface area is 96.6 Å². The molecule has 0 aromatic rings. The van der Waals surface area contributed by atoms with Gasteiger partial charge in [-0.15, -0.1) is 0 Å². The zero-order chi connectivity index (χ0) is 12.0. The molecule has 0 aliphatic carbocycles. The Bertz CT molecular complexity index is 256. The van der Waals surface area contributed by atoms with Crippen molar-refractivity contribution in [2.75, 3.05) is 26.7 Å². The molecule has 2 amide bonds. The predicted octanol–water partition coefficient (Wildman–Crippen LogP) is -0.277. The van der Waals surface area contributed by atoms with Gasteiger partial charge in [-0.3, -0.25) is 9.59 Å². The Morgan fingerprint density at radius 3 is 2.81 bits per heavy atom. The van der Waals surface area contributed by atoms with Crippen LogP contribution in [0.3, 0.4) is 0 Å². The summed E-state index contributed by atoms with van der Waals surface area (Å²) in [6.07, 6.45) is 2.23. The summed E-state index contributed by atoms with van der Waals surface area (Å²) in [5.74, 6) is 0.183. The highest BCUT2D eigenvalue weighted by Crippen LogP contribution is 2.07. The number of amides is 2. The highest BCUT2D eigenvalue weighted by atomic mass is 16.2. The topological polar surface area (TPSA) is 61.4 Å². The molecule has 16 heavy (non-hydrogen) atoms. The molecule has 0 aromatic heterocycles. The van der Waals surface area contributed by atoms with Gasteiger partial charge in [-0.2, -0.15) is 0 Å². The van der Waals surface area contributed by atoms with Crippen LogP contribution in [0.15, 0.2) is 0 Å². The summed E-state index contributed by atoms with van der Waals surface area (Å²) in [7, 11) is 1.80. The van der Waals surface area contributed by atoms with Gasteiger partial charge in [-0.1, -0.05) is 6.92 Å². The van der Waals surface area contributed by atoms with Gasteiger partial charge >= 0.3 is 0 Å². The molecule has 1 saturated heterocycles. The minimum atomic E-state index is -0.0935. The van der Waals surface area contributed by atoms with Crippen molar-refractivity contribution in [3.05, 3.63) is 0 Å². The third-order valence-electron chi connectivity index (χ3n) is 2.74. The van der Waals surface area contributed by atoms with Gasteiger partial charge in [0.25, 0.3) is 0 Å². The Morgan fingerprint density at radius 1 is 1.50 bits per heavy atom. The summed E-state index contributed by atoms with van der Waals surface area (Å²) in [6.45, 7) is 4.12. The fourth-order valence-electron chi connectivity index (χ4n) is 1.72. The lowest BCUT2D eigenvalue weighted by atomic mass is 10.2. The minimum absolute atomic E-state index is 0.0492. The first-order chi connectivity index (χ1) is 7.65. The summed E-state index contributed by atoms with van der Waals surface area (Å²) in [6, 6.07) is -0.0935. The first kappa shape index (κ1) is 13.0. The van der Waals surface area contributed by atoms with Gasteiger partial charge in [0.15, 0.2) is 0 Å². The van der Waals surface area contributed by atoms with E-state index in [1.807, 2.05) is 6.92 Å². The summed E-state index contributed by atoms with van der Waals surface area (Å²) in [5, 5.41) is 5.92. The normalized spacial score (nSPS) is 20.2. The van der Waals surface area contributed by atoms with Crippen LogP contribution in [0.25, 0.3) is 0 Å². The minimum Gasteiger partial charge on any atom is -0.356 e. The van der Waals surface area contributed by atoms with Crippen molar-refractivity contribution < 1.29 is 9.59 Å². The first-order valence-electron chi connectivity index (χ1n) is 5.90. The van der Waals surface area contributed by atoms with Gasteiger partial charge in [0.2, 0.25) is 11.8 Å². The van der Waals surface area contributed by atoms with E-state index in [0.29, 0.717) is 13.0 Å².